The molecule has 3 aliphatic rings. The number of unbranched alkanes of at least 4 members (excludes halogenated alkanes) is 1. The Kier molecular flexibility index (Phi) is 9.66. The Morgan fingerprint density at radius 3 is 2.54 bits per heavy atom. The fraction of sp³-hybridized carbons (Fsp3) is 0.594. The second-order valence-corrected chi connectivity index (χ2v) is 12.0. The molecule has 0 aromatic heterocycles. The lowest BCUT2D eigenvalue weighted by Gasteiger charge is -2.41. The molecule has 41 heavy (non-hydrogen) atoms. The number of nitrogens with zero attached hydrogens (tertiary/aromatic N) is 2. The van der Waals surface area contributed by atoms with Gasteiger partial charge < -0.3 is 24.4 Å². The lowest BCUT2D eigenvalue weighted by Crippen LogP contribution is -2.60. The maximum atomic E-state index is 14.7. The van der Waals surface area contributed by atoms with E-state index in [9.17, 15) is 19.5 Å². The number of hydrogen-bond acceptors (Lipinski definition) is 6. The Morgan fingerprint density at radius 1 is 1.24 bits per heavy atom. The van der Waals surface area contributed by atoms with Crippen molar-refractivity contribution in [2.45, 2.75) is 82.6 Å². The van der Waals surface area contributed by atoms with Crippen LogP contribution in [0.15, 0.2) is 49.6 Å². The van der Waals surface area contributed by atoms with Crippen LogP contribution in [0.5, 0.6) is 0 Å². The van der Waals surface area contributed by atoms with Gasteiger partial charge in [-0.05, 0) is 62.3 Å². The van der Waals surface area contributed by atoms with E-state index >= 15 is 0 Å². The van der Waals surface area contributed by atoms with Crippen molar-refractivity contribution < 1.29 is 29.0 Å². The summed E-state index contributed by atoms with van der Waals surface area (Å²) in [5.74, 6) is -2.95. The number of aliphatic hydroxyl groups is 1. The summed E-state index contributed by atoms with van der Waals surface area (Å²) in [5.41, 5.74) is -1.51. The first-order chi connectivity index (χ1) is 19.7. The van der Waals surface area contributed by atoms with Crippen molar-refractivity contribution in [3.8, 4) is 0 Å². The van der Waals surface area contributed by atoms with Gasteiger partial charge in [0, 0.05) is 17.3 Å². The monoisotopic (exact) mass is 586 g/mol. The van der Waals surface area contributed by atoms with Crippen LogP contribution in [0, 0.1) is 17.8 Å². The predicted octanol–water partition coefficient (Wildman–Crippen LogP) is 4.93. The Hall–Kier alpha value is -2.68. The number of fused-ring (bicyclic) bond motifs is 1. The number of carbonyl (C=O) groups excluding carboxylic acids is 3. The van der Waals surface area contributed by atoms with Gasteiger partial charge in [-0.3, -0.25) is 14.4 Å². The SMILES string of the molecule is C=CCCCOC(=O)[C@@H]1[C@H]2C(=O)N([C@@H](CO)[C@@H](C)CC)C(C(=O)N(CC=C)c3ccc(Cl)cc3)C23CC[C@@]1(CC)O3. The van der Waals surface area contributed by atoms with Crippen molar-refractivity contribution in [2.75, 3.05) is 24.7 Å². The number of anilines is 1. The topological polar surface area (TPSA) is 96.4 Å². The van der Waals surface area contributed by atoms with E-state index in [1.807, 2.05) is 20.8 Å². The number of halogens is 1. The van der Waals surface area contributed by atoms with E-state index in [-0.39, 0.29) is 37.5 Å². The highest BCUT2D eigenvalue weighted by atomic mass is 35.5. The highest BCUT2D eigenvalue weighted by molar-refractivity contribution is 6.30. The first-order valence-corrected chi connectivity index (χ1v) is 15.1. The van der Waals surface area contributed by atoms with Gasteiger partial charge in [-0.15, -0.1) is 13.2 Å². The summed E-state index contributed by atoms with van der Waals surface area (Å²) in [4.78, 5) is 46.0. The van der Waals surface area contributed by atoms with Gasteiger partial charge in [0.05, 0.1) is 30.8 Å². The van der Waals surface area contributed by atoms with Crippen molar-refractivity contribution in [2.24, 2.45) is 17.8 Å². The molecule has 224 valence electrons. The Balaban J connectivity index is 1.82. The Morgan fingerprint density at radius 2 is 1.95 bits per heavy atom. The number of hydrogen-bond donors (Lipinski definition) is 1. The molecule has 1 aromatic rings. The molecule has 2 amide bonds. The molecule has 0 saturated carbocycles. The first kappa shape index (κ1) is 31.3. The van der Waals surface area contributed by atoms with E-state index < -0.39 is 41.1 Å². The molecule has 2 unspecified atom stereocenters. The van der Waals surface area contributed by atoms with Crippen LogP contribution in [0.2, 0.25) is 5.02 Å². The van der Waals surface area contributed by atoms with Gasteiger partial charge in [0.25, 0.3) is 5.91 Å². The molecule has 0 aliphatic carbocycles. The standard InChI is InChI=1S/C32H43ClN2O6/c1-6-10-11-19-40-30(39)26-25-28(37)35(24(20-36)21(5)8-3)27(32(25)17-16-31(26,9-4)41-32)29(38)34(18-7-2)23-14-12-22(33)13-15-23/h6-7,12-15,21,24-27,36H,1-2,8-11,16-20H2,3-5H3/t21-,24-,25-,26-,27?,31+,32?/m0/s1. The third-order valence-electron chi connectivity index (χ3n) is 9.46. The second-order valence-electron chi connectivity index (χ2n) is 11.5. The number of benzene rings is 1. The number of likely N-dealkylation sites (tertiary alicyclic amines) is 1. The van der Waals surface area contributed by atoms with Gasteiger partial charge in [0.1, 0.15) is 17.6 Å². The molecule has 3 saturated heterocycles. The average Bonchev–Trinajstić information content (AvgIpc) is 3.58. The maximum Gasteiger partial charge on any atom is 0.312 e. The summed E-state index contributed by atoms with van der Waals surface area (Å²) in [6, 6.07) is 5.26. The fourth-order valence-electron chi connectivity index (χ4n) is 7.18. The summed E-state index contributed by atoms with van der Waals surface area (Å²) in [7, 11) is 0. The highest BCUT2D eigenvalue weighted by Crippen LogP contribution is 2.65. The normalized spacial score (nSPS) is 29.6. The quantitative estimate of drug-likeness (QED) is 0.189. The zero-order valence-electron chi connectivity index (χ0n) is 24.4. The smallest absolute Gasteiger partial charge is 0.312 e. The highest BCUT2D eigenvalue weighted by Gasteiger charge is 2.79. The molecule has 3 fully saturated rings. The minimum atomic E-state index is -1.22. The number of ether oxygens (including phenoxy) is 2. The minimum Gasteiger partial charge on any atom is -0.465 e. The fourth-order valence-corrected chi connectivity index (χ4v) is 7.30. The Labute approximate surface area is 248 Å². The third-order valence-corrected chi connectivity index (χ3v) is 9.72. The van der Waals surface area contributed by atoms with Crippen LogP contribution in [-0.4, -0.2) is 70.8 Å². The largest absolute Gasteiger partial charge is 0.465 e. The zero-order valence-corrected chi connectivity index (χ0v) is 25.1. The molecular weight excluding hydrogens is 544 g/mol. The van der Waals surface area contributed by atoms with Crippen LogP contribution in [0.1, 0.15) is 59.3 Å². The molecule has 9 heteroatoms. The number of amides is 2. The molecule has 4 rings (SSSR count). The van der Waals surface area contributed by atoms with Crippen molar-refractivity contribution in [1.82, 2.24) is 4.90 Å². The van der Waals surface area contributed by atoms with Gasteiger partial charge >= 0.3 is 5.97 Å². The molecule has 3 aliphatic heterocycles. The van der Waals surface area contributed by atoms with Crippen LogP contribution >= 0.6 is 11.6 Å². The van der Waals surface area contributed by atoms with Gasteiger partial charge in [-0.1, -0.05) is 50.9 Å². The van der Waals surface area contributed by atoms with Gasteiger partial charge in [0.15, 0.2) is 0 Å². The van der Waals surface area contributed by atoms with Crippen LogP contribution in [-0.2, 0) is 23.9 Å². The summed E-state index contributed by atoms with van der Waals surface area (Å²) in [5, 5.41) is 11.1. The lowest BCUT2D eigenvalue weighted by atomic mass is 9.65. The summed E-state index contributed by atoms with van der Waals surface area (Å²) < 4.78 is 12.6. The van der Waals surface area contributed by atoms with Crippen LogP contribution < -0.4 is 4.90 Å². The van der Waals surface area contributed by atoms with E-state index in [4.69, 9.17) is 21.1 Å². The van der Waals surface area contributed by atoms with Crippen molar-refractivity contribution in [3.05, 3.63) is 54.6 Å². The predicted molar refractivity (Wildman–Crippen MR) is 158 cm³/mol. The number of aliphatic hydroxyl groups excluding tert-OH is 1. The van der Waals surface area contributed by atoms with Crippen LogP contribution in [0.4, 0.5) is 5.69 Å². The number of rotatable bonds is 14. The van der Waals surface area contributed by atoms with Crippen molar-refractivity contribution in [1.29, 1.82) is 0 Å². The minimum absolute atomic E-state index is 0.0977. The molecule has 1 aromatic carbocycles. The van der Waals surface area contributed by atoms with E-state index in [1.54, 1.807) is 41.3 Å². The molecule has 1 N–H and O–H groups in total. The molecule has 2 bridgehead atoms. The number of allylic oxidation sites excluding steroid dienone is 1. The van der Waals surface area contributed by atoms with E-state index in [1.165, 1.54) is 4.90 Å². The number of carbonyl (C=O) groups is 3. The van der Waals surface area contributed by atoms with E-state index in [2.05, 4.69) is 13.2 Å². The summed E-state index contributed by atoms with van der Waals surface area (Å²) >= 11 is 6.13. The molecule has 1 spiro atoms. The van der Waals surface area contributed by atoms with Crippen LogP contribution in [0.3, 0.4) is 0 Å². The van der Waals surface area contributed by atoms with Gasteiger partial charge in [-0.25, -0.2) is 0 Å². The van der Waals surface area contributed by atoms with E-state index in [0.29, 0.717) is 49.2 Å². The van der Waals surface area contributed by atoms with Gasteiger partial charge in [-0.2, -0.15) is 0 Å². The van der Waals surface area contributed by atoms with Crippen molar-refractivity contribution >= 4 is 35.1 Å². The zero-order chi connectivity index (χ0) is 29.9. The lowest BCUT2D eigenvalue weighted by molar-refractivity contribution is -0.162. The number of esters is 1. The molecule has 8 nitrogen and oxygen atoms in total. The second kappa shape index (κ2) is 12.7. The Bertz CT molecular complexity index is 1160. The van der Waals surface area contributed by atoms with Crippen molar-refractivity contribution in [3.63, 3.8) is 0 Å². The van der Waals surface area contributed by atoms with Crippen LogP contribution in [0.25, 0.3) is 0 Å². The summed E-state index contributed by atoms with van der Waals surface area (Å²) in [6.45, 7) is 13.6. The third kappa shape index (κ3) is 5.23. The average molecular weight is 587 g/mol. The molecular formula is C32H43ClN2O6. The maximum absolute atomic E-state index is 14.7. The van der Waals surface area contributed by atoms with E-state index in [0.717, 1.165) is 0 Å². The van der Waals surface area contributed by atoms with Gasteiger partial charge in [0.2, 0.25) is 5.91 Å². The molecule has 7 atom stereocenters. The molecule has 0 radical (unpaired) electrons. The first-order valence-electron chi connectivity index (χ1n) is 14.7. The molecule has 3 heterocycles. The summed E-state index contributed by atoms with van der Waals surface area (Å²) in [6.07, 6.45) is 6.93.